The van der Waals surface area contributed by atoms with Crippen molar-refractivity contribution in [3.63, 3.8) is 0 Å². The molecule has 0 nitrogen and oxygen atoms in total. The van der Waals surface area contributed by atoms with Gasteiger partial charge in [0, 0.05) is 0 Å². The Morgan fingerprint density at radius 2 is 2.10 bits per heavy atom. The summed E-state index contributed by atoms with van der Waals surface area (Å²) in [6.07, 6.45) is 8.83. The quantitative estimate of drug-likeness (QED) is 0.561. The highest BCUT2D eigenvalue weighted by atomic mass is 14.3. The van der Waals surface area contributed by atoms with Crippen LogP contribution in [0.15, 0.2) is 0 Å². The van der Waals surface area contributed by atoms with Crippen LogP contribution in [0.25, 0.3) is 0 Å². The summed E-state index contributed by atoms with van der Waals surface area (Å²) < 4.78 is 0. The normalized spacial score (nSPS) is 33.0. The lowest BCUT2D eigenvalue weighted by Crippen LogP contribution is -2.02. The Hall–Kier alpha value is 0. The van der Waals surface area contributed by atoms with Crippen molar-refractivity contribution in [2.24, 2.45) is 11.8 Å². The van der Waals surface area contributed by atoms with Gasteiger partial charge in [0.25, 0.3) is 0 Å². The van der Waals surface area contributed by atoms with Gasteiger partial charge in [0.2, 0.25) is 0 Å². The van der Waals surface area contributed by atoms with Crippen molar-refractivity contribution in [1.82, 2.24) is 0 Å². The molecular weight excluding hydrogens is 120 g/mol. The van der Waals surface area contributed by atoms with Gasteiger partial charge in [-0.2, -0.15) is 0 Å². The second kappa shape index (κ2) is 4.00. The van der Waals surface area contributed by atoms with Crippen LogP contribution in [-0.2, 0) is 0 Å². The first kappa shape index (κ1) is 8.10. The third-order valence-electron chi connectivity index (χ3n) is 2.97. The van der Waals surface area contributed by atoms with E-state index in [1.54, 1.807) is 0 Å². The topological polar surface area (TPSA) is 0 Å². The van der Waals surface area contributed by atoms with Crippen LogP contribution in [0, 0.1) is 11.8 Å². The minimum atomic E-state index is 1.03. The molecule has 0 heteroatoms. The molecule has 0 spiro atoms. The molecule has 1 aliphatic rings. The first-order valence-electron chi connectivity index (χ1n) is 4.84. The third kappa shape index (κ3) is 2.00. The number of rotatable bonds is 3. The smallest absolute Gasteiger partial charge is 0.0388 e. The highest BCUT2D eigenvalue weighted by Crippen LogP contribution is 2.34. The molecule has 0 bridgehead atoms. The molecule has 0 N–H and O–H groups in total. The minimum Gasteiger partial charge on any atom is -0.0654 e. The fourth-order valence-corrected chi connectivity index (χ4v) is 2.12. The van der Waals surface area contributed by atoms with Gasteiger partial charge in [-0.25, -0.2) is 0 Å². The maximum atomic E-state index is 2.42. The molecule has 0 amide bonds. The Morgan fingerprint density at radius 3 is 2.60 bits per heavy atom. The zero-order valence-corrected chi connectivity index (χ0v) is 7.40. The Morgan fingerprint density at radius 1 is 1.30 bits per heavy atom. The van der Waals surface area contributed by atoms with Crippen molar-refractivity contribution >= 4 is 0 Å². The first-order chi connectivity index (χ1) is 4.84. The van der Waals surface area contributed by atoms with Crippen molar-refractivity contribution in [3.8, 4) is 0 Å². The first-order valence-corrected chi connectivity index (χ1v) is 4.84. The molecule has 10 heavy (non-hydrogen) atoms. The van der Waals surface area contributed by atoms with Gasteiger partial charge in [0.05, 0.1) is 0 Å². The predicted octanol–water partition coefficient (Wildman–Crippen LogP) is 3.61. The van der Waals surface area contributed by atoms with E-state index in [1.807, 2.05) is 0 Å². The molecule has 0 aromatic rings. The molecular formula is C10H20. The summed E-state index contributed by atoms with van der Waals surface area (Å²) in [7, 11) is 0. The summed E-state index contributed by atoms with van der Waals surface area (Å²) >= 11 is 0. The molecule has 0 heterocycles. The van der Waals surface area contributed by atoms with Crippen LogP contribution < -0.4 is 0 Å². The van der Waals surface area contributed by atoms with E-state index in [1.165, 1.54) is 38.5 Å². The summed E-state index contributed by atoms with van der Waals surface area (Å²) in [6.45, 7) is 4.72. The van der Waals surface area contributed by atoms with Gasteiger partial charge in [-0.15, -0.1) is 0 Å². The van der Waals surface area contributed by atoms with E-state index >= 15 is 0 Å². The van der Waals surface area contributed by atoms with E-state index in [4.69, 9.17) is 0 Å². The van der Waals surface area contributed by atoms with E-state index in [-0.39, 0.29) is 0 Å². The maximum Gasteiger partial charge on any atom is -0.0388 e. The van der Waals surface area contributed by atoms with Crippen LogP contribution in [0.1, 0.15) is 52.4 Å². The molecule has 0 aliphatic heterocycles. The van der Waals surface area contributed by atoms with Crippen molar-refractivity contribution < 1.29 is 0 Å². The summed E-state index contributed by atoms with van der Waals surface area (Å²) in [4.78, 5) is 0. The second-order valence-corrected chi connectivity index (χ2v) is 3.81. The van der Waals surface area contributed by atoms with Gasteiger partial charge in [-0.05, 0) is 11.8 Å². The average molecular weight is 140 g/mol. The molecule has 1 fully saturated rings. The summed E-state index contributed by atoms with van der Waals surface area (Å²) in [5, 5.41) is 0. The van der Waals surface area contributed by atoms with E-state index in [2.05, 4.69) is 13.8 Å². The Balaban J connectivity index is 2.14. The highest BCUT2D eigenvalue weighted by molar-refractivity contribution is 4.73. The SMILES string of the molecule is CCCCC1CCC[C@@H]1C. The maximum absolute atomic E-state index is 2.42. The molecule has 60 valence electrons. The molecule has 0 aromatic heterocycles. The van der Waals surface area contributed by atoms with E-state index in [9.17, 15) is 0 Å². The zero-order chi connectivity index (χ0) is 7.40. The molecule has 1 unspecified atom stereocenters. The van der Waals surface area contributed by atoms with Gasteiger partial charge in [-0.3, -0.25) is 0 Å². The molecule has 1 rings (SSSR count). The van der Waals surface area contributed by atoms with Gasteiger partial charge in [0.1, 0.15) is 0 Å². The number of hydrogen-bond donors (Lipinski definition) is 0. The van der Waals surface area contributed by atoms with Crippen LogP contribution >= 0.6 is 0 Å². The predicted molar refractivity (Wildman–Crippen MR) is 46.0 cm³/mol. The minimum absolute atomic E-state index is 1.03. The van der Waals surface area contributed by atoms with Crippen LogP contribution in [0.5, 0.6) is 0 Å². The average Bonchev–Trinajstić information content (AvgIpc) is 2.31. The molecule has 1 aliphatic carbocycles. The Kier molecular flexibility index (Phi) is 3.24. The van der Waals surface area contributed by atoms with Gasteiger partial charge < -0.3 is 0 Å². The van der Waals surface area contributed by atoms with Crippen molar-refractivity contribution in [2.75, 3.05) is 0 Å². The van der Waals surface area contributed by atoms with E-state index in [0.29, 0.717) is 0 Å². The fraction of sp³-hybridized carbons (Fsp3) is 1.00. The van der Waals surface area contributed by atoms with E-state index in [0.717, 1.165) is 11.8 Å². The molecule has 2 atom stereocenters. The van der Waals surface area contributed by atoms with Crippen LogP contribution in [0.4, 0.5) is 0 Å². The Bertz CT molecular complexity index is 86.0. The third-order valence-corrected chi connectivity index (χ3v) is 2.97. The van der Waals surface area contributed by atoms with Crippen LogP contribution in [0.3, 0.4) is 0 Å². The molecule has 0 aromatic carbocycles. The summed E-state index contributed by atoms with van der Waals surface area (Å²) in [5.41, 5.74) is 0. The monoisotopic (exact) mass is 140 g/mol. The van der Waals surface area contributed by atoms with Gasteiger partial charge >= 0.3 is 0 Å². The van der Waals surface area contributed by atoms with E-state index < -0.39 is 0 Å². The lowest BCUT2D eigenvalue weighted by molar-refractivity contribution is 0.380. The molecule has 0 radical (unpaired) electrons. The lowest BCUT2D eigenvalue weighted by Gasteiger charge is -2.13. The van der Waals surface area contributed by atoms with Crippen molar-refractivity contribution in [1.29, 1.82) is 0 Å². The highest BCUT2D eigenvalue weighted by Gasteiger charge is 2.21. The van der Waals surface area contributed by atoms with Crippen LogP contribution in [-0.4, -0.2) is 0 Å². The zero-order valence-electron chi connectivity index (χ0n) is 7.40. The number of unbranched alkanes of at least 4 members (excludes halogenated alkanes) is 1. The summed E-state index contributed by atoms with van der Waals surface area (Å²) in [5.74, 6) is 2.12. The lowest BCUT2D eigenvalue weighted by atomic mass is 9.93. The largest absolute Gasteiger partial charge is 0.0654 e. The Labute approximate surface area is 65.0 Å². The van der Waals surface area contributed by atoms with Crippen LogP contribution in [0.2, 0.25) is 0 Å². The summed E-state index contributed by atoms with van der Waals surface area (Å²) in [6, 6.07) is 0. The van der Waals surface area contributed by atoms with Gasteiger partial charge in [-0.1, -0.05) is 52.4 Å². The fourth-order valence-electron chi connectivity index (χ4n) is 2.12. The van der Waals surface area contributed by atoms with Crippen molar-refractivity contribution in [3.05, 3.63) is 0 Å². The number of hydrogen-bond acceptors (Lipinski definition) is 0. The van der Waals surface area contributed by atoms with Gasteiger partial charge in [0.15, 0.2) is 0 Å². The van der Waals surface area contributed by atoms with Crippen molar-refractivity contribution in [2.45, 2.75) is 52.4 Å². The molecule has 1 saturated carbocycles. The molecule has 0 saturated heterocycles. The standard InChI is InChI=1S/C10H20/c1-3-4-7-10-8-5-6-9(10)2/h9-10H,3-8H2,1-2H3/t9-,10?/m0/s1. The second-order valence-electron chi connectivity index (χ2n) is 3.81.